The van der Waals surface area contributed by atoms with Gasteiger partial charge in [-0.25, -0.2) is 0 Å². The first-order valence-electron chi connectivity index (χ1n) is 6.19. The summed E-state index contributed by atoms with van der Waals surface area (Å²) in [7, 11) is 0. The minimum Gasteiger partial charge on any atom is -0.394 e. The zero-order chi connectivity index (χ0) is 13.0. The number of hydrogen-bond acceptors (Lipinski definition) is 4. The average molecular weight is 252 g/mol. The van der Waals surface area contributed by atoms with Crippen LogP contribution in [-0.4, -0.2) is 36.3 Å². The minimum atomic E-state index is -0.589. The summed E-state index contributed by atoms with van der Waals surface area (Å²) in [5.74, 6) is -0.589. The molecule has 1 aromatic rings. The SMILES string of the molecule is CC1(C)OC[C@H](C(CO)OCc2ccccc2)O1. The first kappa shape index (κ1) is 13.5. The van der Waals surface area contributed by atoms with Gasteiger partial charge in [0.15, 0.2) is 5.79 Å². The van der Waals surface area contributed by atoms with Crippen molar-refractivity contribution < 1.29 is 19.3 Å². The normalized spacial score (nSPS) is 24.1. The monoisotopic (exact) mass is 252 g/mol. The van der Waals surface area contributed by atoms with Gasteiger partial charge < -0.3 is 19.3 Å². The predicted molar refractivity (Wildman–Crippen MR) is 67.0 cm³/mol. The second-order valence-corrected chi connectivity index (χ2v) is 4.88. The van der Waals surface area contributed by atoms with E-state index in [9.17, 15) is 5.11 Å². The summed E-state index contributed by atoms with van der Waals surface area (Å²) < 4.78 is 16.9. The van der Waals surface area contributed by atoms with Crippen molar-refractivity contribution in [3.05, 3.63) is 35.9 Å². The molecule has 1 N–H and O–H groups in total. The van der Waals surface area contributed by atoms with Gasteiger partial charge in [-0.15, -0.1) is 0 Å². The Labute approximate surface area is 107 Å². The van der Waals surface area contributed by atoms with Crippen molar-refractivity contribution >= 4 is 0 Å². The van der Waals surface area contributed by atoms with Gasteiger partial charge in [-0.05, 0) is 19.4 Å². The first-order chi connectivity index (χ1) is 8.61. The van der Waals surface area contributed by atoms with Crippen LogP contribution in [0.4, 0.5) is 0 Å². The smallest absolute Gasteiger partial charge is 0.163 e. The lowest BCUT2D eigenvalue weighted by atomic mass is 10.2. The molecule has 4 heteroatoms. The van der Waals surface area contributed by atoms with Crippen LogP contribution in [0.5, 0.6) is 0 Å². The summed E-state index contributed by atoms with van der Waals surface area (Å²) in [5, 5.41) is 9.37. The predicted octanol–water partition coefficient (Wildman–Crippen LogP) is 1.72. The van der Waals surface area contributed by atoms with Crippen LogP contribution in [0.1, 0.15) is 19.4 Å². The van der Waals surface area contributed by atoms with E-state index in [2.05, 4.69) is 0 Å². The lowest BCUT2D eigenvalue weighted by Crippen LogP contribution is -2.35. The quantitative estimate of drug-likeness (QED) is 0.866. The van der Waals surface area contributed by atoms with Gasteiger partial charge in [0.1, 0.15) is 12.2 Å². The van der Waals surface area contributed by atoms with E-state index in [0.717, 1.165) is 5.56 Å². The lowest BCUT2D eigenvalue weighted by molar-refractivity contribution is -0.162. The number of ether oxygens (including phenoxy) is 3. The molecular formula is C14H20O4. The Kier molecular flexibility index (Phi) is 4.35. The highest BCUT2D eigenvalue weighted by Gasteiger charge is 2.37. The summed E-state index contributed by atoms with van der Waals surface area (Å²) in [6.07, 6.45) is -0.569. The Morgan fingerprint density at radius 1 is 1.39 bits per heavy atom. The van der Waals surface area contributed by atoms with Crippen LogP contribution in [0.25, 0.3) is 0 Å². The maximum Gasteiger partial charge on any atom is 0.163 e. The molecule has 1 aliphatic heterocycles. The summed E-state index contributed by atoms with van der Waals surface area (Å²) in [6, 6.07) is 9.87. The van der Waals surface area contributed by atoms with Crippen molar-refractivity contribution in [2.24, 2.45) is 0 Å². The van der Waals surface area contributed by atoms with E-state index in [1.54, 1.807) is 0 Å². The van der Waals surface area contributed by atoms with Crippen molar-refractivity contribution in [1.82, 2.24) is 0 Å². The molecule has 1 aromatic carbocycles. The largest absolute Gasteiger partial charge is 0.394 e. The summed E-state index contributed by atoms with van der Waals surface area (Å²) in [6.45, 7) is 4.56. The van der Waals surface area contributed by atoms with E-state index in [4.69, 9.17) is 14.2 Å². The summed E-state index contributed by atoms with van der Waals surface area (Å²) in [4.78, 5) is 0. The Hall–Kier alpha value is -0.940. The third-order valence-corrected chi connectivity index (χ3v) is 2.93. The van der Waals surface area contributed by atoms with E-state index >= 15 is 0 Å². The van der Waals surface area contributed by atoms with Gasteiger partial charge in [0.2, 0.25) is 0 Å². The van der Waals surface area contributed by atoms with Crippen molar-refractivity contribution in [1.29, 1.82) is 0 Å². The fourth-order valence-corrected chi connectivity index (χ4v) is 1.95. The van der Waals surface area contributed by atoms with Crippen molar-refractivity contribution in [3.63, 3.8) is 0 Å². The van der Waals surface area contributed by atoms with E-state index in [-0.39, 0.29) is 18.8 Å². The van der Waals surface area contributed by atoms with Crippen LogP contribution < -0.4 is 0 Å². The molecule has 2 rings (SSSR count). The maximum atomic E-state index is 9.37. The summed E-state index contributed by atoms with van der Waals surface area (Å²) in [5.41, 5.74) is 1.08. The average Bonchev–Trinajstić information content (AvgIpc) is 2.72. The van der Waals surface area contributed by atoms with Crippen molar-refractivity contribution in [2.75, 3.05) is 13.2 Å². The van der Waals surface area contributed by atoms with Gasteiger partial charge in [0.05, 0.1) is 19.8 Å². The molecule has 2 atom stereocenters. The zero-order valence-electron chi connectivity index (χ0n) is 10.8. The molecule has 0 spiro atoms. The number of aliphatic hydroxyl groups excluding tert-OH is 1. The summed E-state index contributed by atoms with van der Waals surface area (Å²) >= 11 is 0. The molecule has 0 bridgehead atoms. The fraction of sp³-hybridized carbons (Fsp3) is 0.571. The number of hydrogen-bond donors (Lipinski definition) is 1. The third-order valence-electron chi connectivity index (χ3n) is 2.93. The van der Waals surface area contributed by atoms with Gasteiger partial charge >= 0.3 is 0 Å². The highest BCUT2D eigenvalue weighted by Crippen LogP contribution is 2.25. The van der Waals surface area contributed by atoms with E-state index in [1.807, 2.05) is 44.2 Å². The number of rotatable bonds is 5. The molecule has 0 amide bonds. The topological polar surface area (TPSA) is 47.9 Å². The Morgan fingerprint density at radius 2 is 2.11 bits per heavy atom. The lowest BCUT2D eigenvalue weighted by Gasteiger charge is -2.23. The molecule has 0 radical (unpaired) electrons. The van der Waals surface area contributed by atoms with Crippen molar-refractivity contribution in [3.8, 4) is 0 Å². The Bertz CT molecular complexity index is 363. The molecule has 1 saturated heterocycles. The van der Waals surface area contributed by atoms with Gasteiger partial charge in [0.25, 0.3) is 0 Å². The van der Waals surface area contributed by atoms with E-state index in [1.165, 1.54) is 0 Å². The van der Waals surface area contributed by atoms with Crippen LogP contribution in [-0.2, 0) is 20.8 Å². The molecule has 4 nitrogen and oxygen atoms in total. The van der Waals surface area contributed by atoms with E-state index < -0.39 is 5.79 Å². The fourth-order valence-electron chi connectivity index (χ4n) is 1.95. The molecule has 1 fully saturated rings. The van der Waals surface area contributed by atoms with Crippen LogP contribution in [0.15, 0.2) is 30.3 Å². The Morgan fingerprint density at radius 3 is 2.67 bits per heavy atom. The van der Waals surface area contributed by atoms with Gasteiger partial charge in [-0.3, -0.25) is 0 Å². The van der Waals surface area contributed by atoms with Gasteiger partial charge in [0, 0.05) is 0 Å². The minimum absolute atomic E-state index is 0.0725. The van der Waals surface area contributed by atoms with Gasteiger partial charge in [-0.2, -0.15) is 0 Å². The van der Waals surface area contributed by atoms with Crippen LogP contribution >= 0.6 is 0 Å². The number of benzene rings is 1. The molecule has 1 unspecified atom stereocenters. The second kappa shape index (κ2) is 5.80. The molecule has 0 aromatic heterocycles. The molecule has 0 aliphatic carbocycles. The third kappa shape index (κ3) is 3.53. The highest BCUT2D eigenvalue weighted by atomic mass is 16.7. The van der Waals surface area contributed by atoms with Gasteiger partial charge in [-0.1, -0.05) is 30.3 Å². The number of aliphatic hydroxyl groups is 1. The molecule has 0 saturated carbocycles. The second-order valence-electron chi connectivity index (χ2n) is 4.88. The standard InChI is InChI=1S/C14H20O4/c1-14(2)17-10-13(18-14)12(8-15)16-9-11-6-4-3-5-7-11/h3-7,12-13,15H,8-10H2,1-2H3/t12?,13-/m1/s1. The molecular weight excluding hydrogens is 232 g/mol. The molecule has 18 heavy (non-hydrogen) atoms. The Balaban J connectivity index is 1.87. The highest BCUT2D eigenvalue weighted by molar-refractivity contribution is 5.13. The van der Waals surface area contributed by atoms with Crippen LogP contribution in [0.3, 0.4) is 0 Å². The maximum absolute atomic E-state index is 9.37. The molecule has 1 heterocycles. The van der Waals surface area contributed by atoms with Crippen molar-refractivity contribution in [2.45, 2.75) is 38.4 Å². The molecule has 1 aliphatic rings. The zero-order valence-corrected chi connectivity index (χ0v) is 10.8. The molecule has 100 valence electrons. The van der Waals surface area contributed by atoms with Crippen LogP contribution in [0, 0.1) is 0 Å². The van der Waals surface area contributed by atoms with Crippen LogP contribution in [0.2, 0.25) is 0 Å². The van der Waals surface area contributed by atoms with E-state index in [0.29, 0.717) is 13.2 Å². The first-order valence-corrected chi connectivity index (χ1v) is 6.19.